The molecule has 0 spiro atoms. The molecule has 0 saturated carbocycles. The highest BCUT2D eigenvalue weighted by atomic mass is 15.3. The van der Waals surface area contributed by atoms with Crippen molar-refractivity contribution in [3.8, 4) is 22.8 Å². The van der Waals surface area contributed by atoms with Crippen LogP contribution in [0.4, 0.5) is 0 Å². The van der Waals surface area contributed by atoms with Gasteiger partial charge in [-0.1, -0.05) is 116 Å². The number of aromatic nitrogens is 5. The van der Waals surface area contributed by atoms with Crippen LogP contribution in [0.5, 0.6) is 0 Å². The smallest absolute Gasteiger partial charge is 0.255 e. The van der Waals surface area contributed by atoms with Crippen molar-refractivity contribution in [2.24, 2.45) is 0 Å². The van der Waals surface area contributed by atoms with Gasteiger partial charge in [0.05, 0.1) is 16.6 Å². The van der Waals surface area contributed by atoms with E-state index in [9.17, 15) is 0 Å². The van der Waals surface area contributed by atoms with Crippen LogP contribution < -0.4 is 0 Å². The van der Waals surface area contributed by atoms with Gasteiger partial charge in [-0.2, -0.15) is 0 Å². The minimum Gasteiger partial charge on any atom is -0.310 e. The third kappa shape index (κ3) is 4.38. The second kappa shape index (κ2) is 11.4. The van der Waals surface area contributed by atoms with E-state index < -0.39 is 0 Å². The first-order chi connectivity index (χ1) is 25.2. The monoisotopic (exact) mass is 653 g/mol. The van der Waals surface area contributed by atoms with E-state index in [1.165, 1.54) is 16.5 Å². The van der Waals surface area contributed by atoms with Gasteiger partial charge in [0.2, 0.25) is 0 Å². The molecule has 0 aliphatic rings. The van der Waals surface area contributed by atoms with Crippen molar-refractivity contribution in [2.45, 2.75) is 6.92 Å². The van der Waals surface area contributed by atoms with Gasteiger partial charge in [-0.15, -0.1) is 10.2 Å². The van der Waals surface area contributed by atoms with Gasteiger partial charge < -0.3 is 4.57 Å². The average Bonchev–Trinajstić information content (AvgIpc) is 3.67. The predicted octanol–water partition coefficient (Wildman–Crippen LogP) is 11.5. The first kappa shape index (κ1) is 29.1. The maximum Gasteiger partial charge on any atom is 0.255 e. The summed E-state index contributed by atoms with van der Waals surface area (Å²) < 4.78 is 4.48. The van der Waals surface area contributed by atoms with Gasteiger partial charge in [-0.05, 0) is 82.9 Å². The van der Waals surface area contributed by atoms with E-state index in [0.29, 0.717) is 5.95 Å². The van der Waals surface area contributed by atoms with Crippen LogP contribution in [0.3, 0.4) is 0 Å². The minimum atomic E-state index is 0.557. The number of hydrogen-bond acceptors (Lipinski definition) is 3. The Morgan fingerprint density at radius 3 is 1.78 bits per heavy atom. The van der Waals surface area contributed by atoms with Crippen molar-refractivity contribution in [3.63, 3.8) is 0 Å². The quantitative estimate of drug-likeness (QED) is 0.137. The molecular weight excluding hydrogens is 623 g/mol. The van der Waals surface area contributed by atoms with E-state index in [1.54, 1.807) is 0 Å². The second-order valence-electron chi connectivity index (χ2n) is 13.0. The highest BCUT2D eigenvalue weighted by molar-refractivity contribution is 6.23. The summed E-state index contributed by atoms with van der Waals surface area (Å²) >= 11 is 0. The molecule has 10 aromatic rings. The summed E-state index contributed by atoms with van der Waals surface area (Å²) in [5, 5.41) is 17.6. The summed E-state index contributed by atoms with van der Waals surface area (Å²) in [5.74, 6) is 0.557. The van der Waals surface area contributed by atoms with Crippen LogP contribution >= 0.6 is 0 Å². The fourth-order valence-corrected chi connectivity index (χ4v) is 7.86. The van der Waals surface area contributed by atoms with E-state index in [0.717, 1.165) is 76.9 Å². The van der Waals surface area contributed by atoms with Gasteiger partial charge in [0.25, 0.3) is 5.95 Å². The van der Waals surface area contributed by atoms with Crippen LogP contribution in [0.2, 0.25) is 0 Å². The summed E-state index contributed by atoms with van der Waals surface area (Å²) in [6.07, 6.45) is 5.97. The van der Waals surface area contributed by atoms with Crippen molar-refractivity contribution in [1.82, 2.24) is 24.3 Å². The Hall–Kier alpha value is -6.85. The van der Waals surface area contributed by atoms with Crippen LogP contribution in [-0.2, 0) is 0 Å². The van der Waals surface area contributed by atoms with Gasteiger partial charge in [-0.25, -0.2) is 4.98 Å². The second-order valence-corrected chi connectivity index (χ2v) is 13.0. The third-order valence-corrected chi connectivity index (χ3v) is 10.2. The van der Waals surface area contributed by atoms with Crippen molar-refractivity contribution in [1.29, 1.82) is 0 Å². The fourth-order valence-electron chi connectivity index (χ4n) is 7.86. The molecule has 0 saturated heterocycles. The van der Waals surface area contributed by atoms with Gasteiger partial charge in [-0.3, -0.25) is 4.57 Å². The maximum absolute atomic E-state index is 5.25. The fraction of sp³-hybridized carbons (Fsp3) is 0.0217. The van der Waals surface area contributed by atoms with Crippen molar-refractivity contribution in [2.75, 3.05) is 0 Å². The molecule has 0 atom stereocenters. The zero-order chi connectivity index (χ0) is 34.1. The summed E-state index contributed by atoms with van der Waals surface area (Å²) in [4.78, 5) is 5.25. The Morgan fingerprint density at radius 2 is 1.08 bits per heavy atom. The lowest BCUT2D eigenvalue weighted by molar-refractivity contribution is 0.926. The van der Waals surface area contributed by atoms with Crippen LogP contribution in [-0.4, -0.2) is 24.3 Å². The highest BCUT2D eigenvalue weighted by Crippen LogP contribution is 2.38. The Kier molecular flexibility index (Phi) is 6.48. The largest absolute Gasteiger partial charge is 0.310 e. The third-order valence-electron chi connectivity index (χ3n) is 10.2. The molecule has 7 aromatic carbocycles. The molecule has 0 amide bonds. The first-order valence-electron chi connectivity index (χ1n) is 17.2. The molecule has 51 heavy (non-hydrogen) atoms. The molecule has 0 aliphatic carbocycles. The zero-order valence-corrected chi connectivity index (χ0v) is 28.0. The van der Waals surface area contributed by atoms with E-state index in [1.807, 2.05) is 18.2 Å². The van der Waals surface area contributed by atoms with Crippen molar-refractivity contribution in [3.05, 3.63) is 170 Å². The van der Waals surface area contributed by atoms with E-state index in [-0.39, 0.29) is 0 Å². The maximum atomic E-state index is 5.25. The molecule has 0 N–H and O–H groups in total. The number of para-hydroxylation sites is 2. The SMILES string of the molecule is C=C/C=C\c1c(C)c2cc(-c3ccc4c(c3)c3ccccc3n4-c3nnc4c5ccccc5c5ccccc5c4n3)ccc2n1-c1ccccc1. The molecule has 0 bridgehead atoms. The summed E-state index contributed by atoms with van der Waals surface area (Å²) in [6.45, 7) is 6.11. The Balaban J connectivity index is 1.17. The standard InChI is InChI=1S/C46H31N5/c1-3-4-21-40-29(2)38-27-30(23-25-42(38)50(40)32-14-6-5-7-15-32)31-24-26-43-39(28-31)35-18-12-13-22-41(35)51(43)46-47-44-36-19-10-8-16-33(36)34-17-9-11-20-37(34)45(44)48-49-46/h3-28H,1H2,2H3/b21-4-. The van der Waals surface area contributed by atoms with Gasteiger partial charge in [0.1, 0.15) is 11.0 Å². The Labute approximate surface area is 294 Å². The highest BCUT2D eigenvalue weighted by Gasteiger charge is 2.19. The Morgan fingerprint density at radius 1 is 0.510 bits per heavy atom. The molecule has 0 unspecified atom stereocenters. The molecule has 5 nitrogen and oxygen atoms in total. The number of benzene rings is 7. The molecule has 3 heterocycles. The Bertz CT molecular complexity index is 3020. The van der Waals surface area contributed by atoms with Crippen molar-refractivity contribution < 1.29 is 0 Å². The van der Waals surface area contributed by atoms with Gasteiger partial charge >= 0.3 is 0 Å². The zero-order valence-electron chi connectivity index (χ0n) is 28.0. The number of hydrogen-bond donors (Lipinski definition) is 0. The van der Waals surface area contributed by atoms with Crippen LogP contribution in [0.1, 0.15) is 11.3 Å². The number of aryl methyl sites for hydroxylation is 1. The molecule has 0 fully saturated rings. The molecule has 10 rings (SSSR count). The average molecular weight is 654 g/mol. The molecular formula is C46H31N5. The van der Waals surface area contributed by atoms with E-state index in [2.05, 4.69) is 162 Å². The predicted molar refractivity (Wildman–Crippen MR) is 213 cm³/mol. The lowest BCUT2D eigenvalue weighted by Gasteiger charge is -2.11. The van der Waals surface area contributed by atoms with Gasteiger partial charge in [0, 0.05) is 38.3 Å². The molecule has 5 heteroatoms. The van der Waals surface area contributed by atoms with Gasteiger partial charge in [0.15, 0.2) is 0 Å². The molecule has 240 valence electrons. The van der Waals surface area contributed by atoms with E-state index in [4.69, 9.17) is 15.2 Å². The lowest BCUT2D eigenvalue weighted by Crippen LogP contribution is -2.04. The lowest BCUT2D eigenvalue weighted by atomic mass is 10.00. The molecule has 0 aliphatic heterocycles. The van der Waals surface area contributed by atoms with Crippen molar-refractivity contribution >= 4 is 71.4 Å². The normalized spacial score (nSPS) is 12.0. The number of fused-ring (bicyclic) bond motifs is 10. The van der Waals surface area contributed by atoms with Crippen LogP contribution in [0, 0.1) is 6.92 Å². The number of rotatable bonds is 5. The van der Waals surface area contributed by atoms with E-state index >= 15 is 0 Å². The minimum absolute atomic E-state index is 0.557. The number of allylic oxidation sites excluding steroid dienone is 2. The molecule has 0 radical (unpaired) electrons. The summed E-state index contributed by atoms with van der Waals surface area (Å²) in [5.41, 5.74) is 10.7. The summed E-state index contributed by atoms with van der Waals surface area (Å²) in [7, 11) is 0. The molecule has 3 aromatic heterocycles. The van der Waals surface area contributed by atoms with Crippen LogP contribution in [0.15, 0.2) is 158 Å². The number of nitrogens with zero attached hydrogens (tertiary/aromatic N) is 5. The summed E-state index contributed by atoms with van der Waals surface area (Å²) in [6, 6.07) is 49.3. The first-order valence-corrected chi connectivity index (χ1v) is 17.2. The van der Waals surface area contributed by atoms with Crippen LogP contribution in [0.25, 0.3) is 94.1 Å². The topological polar surface area (TPSA) is 48.5 Å².